The summed E-state index contributed by atoms with van der Waals surface area (Å²) in [5.74, 6) is -0.243. The molecule has 4 heteroatoms. The van der Waals surface area contributed by atoms with E-state index in [-0.39, 0.29) is 24.1 Å². The number of benzene rings is 3. The second-order valence-electron chi connectivity index (χ2n) is 7.42. The monoisotopic (exact) mass is 382 g/mol. The van der Waals surface area contributed by atoms with Gasteiger partial charge in [0, 0.05) is 11.1 Å². The molecule has 4 rings (SSSR count). The van der Waals surface area contributed by atoms with Gasteiger partial charge in [-0.1, -0.05) is 77.3 Å². The Kier molecular flexibility index (Phi) is 5.00. The van der Waals surface area contributed by atoms with Crippen LogP contribution in [0.4, 0.5) is 4.39 Å². The van der Waals surface area contributed by atoms with E-state index < -0.39 is 0 Å². The second kappa shape index (κ2) is 7.43. The number of rotatable bonds is 3. The molecule has 2 nitrogen and oxygen atoms in total. The molecule has 3 aromatic carbocycles. The fourth-order valence-corrected chi connectivity index (χ4v) is 4.28. The highest BCUT2D eigenvalue weighted by Gasteiger charge is 2.45. The fourth-order valence-electron chi connectivity index (χ4n) is 3.99. The quantitative estimate of drug-likeness (QED) is 0.692. The number of nitrogens with two attached hydrogens (primary N) is 2. The molecule has 0 radical (unpaired) electrons. The largest absolute Gasteiger partial charge is 0.282 e. The van der Waals surface area contributed by atoms with Crippen LogP contribution in [-0.2, 0) is 0 Å². The van der Waals surface area contributed by atoms with Gasteiger partial charge in [-0.3, -0.25) is 10.6 Å². The van der Waals surface area contributed by atoms with Crippen molar-refractivity contribution in [2.75, 3.05) is 0 Å². The van der Waals surface area contributed by atoms with Gasteiger partial charge < -0.3 is 0 Å². The van der Waals surface area contributed by atoms with E-state index in [9.17, 15) is 4.39 Å². The summed E-state index contributed by atoms with van der Waals surface area (Å²) in [6.45, 7) is 4.18. The minimum atomic E-state index is -0.243. The van der Waals surface area contributed by atoms with Crippen molar-refractivity contribution in [1.29, 1.82) is 0 Å². The standard InChI is InChI=1S/C23H22ClFN2/c1-14-6-10-16(11-7-14)21-22(17-12-8-15(2)9-13-17)27-23(26-21)20-18(24)4-3-5-19(20)25/h3-13,21-23,26-27H,1-2H3/p+2/t21-,22+,23?. The summed E-state index contributed by atoms with van der Waals surface area (Å²) in [6.07, 6.45) is -0.115. The Balaban J connectivity index is 1.74. The first-order chi connectivity index (χ1) is 13.0. The van der Waals surface area contributed by atoms with Gasteiger partial charge >= 0.3 is 0 Å². The molecule has 138 valence electrons. The van der Waals surface area contributed by atoms with Crippen LogP contribution in [0.5, 0.6) is 0 Å². The van der Waals surface area contributed by atoms with Crippen LogP contribution in [0.25, 0.3) is 0 Å². The fraction of sp³-hybridized carbons (Fsp3) is 0.217. The van der Waals surface area contributed by atoms with Crippen molar-refractivity contribution in [2.24, 2.45) is 0 Å². The number of hydrogen-bond acceptors (Lipinski definition) is 0. The minimum absolute atomic E-state index is 0.115. The zero-order chi connectivity index (χ0) is 19.0. The number of hydrogen-bond donors (Lipinski definition) is 2. The molecule has 1 fully saturated rings. The SMILES string of the molecule is Cc1ccc([C@H]2[NH2+]C(c3c(F)cccc3Cl)[NH2+][C@H]2c2ccc(C)cc2)cc1. The maximum Gasteiger partial charge on any atom is 0.242 e. The van der Waals surface area contributed by atoms with Crippen LogP contribution in [0, 0.1) is 19.7 Å². The van der Waals surface area contributed by atoms with Crippen molar-refractivity contribution in [2.45, 2.75) is 32.1 Å². The summed E-state index contributed by atoms with van der Waals surface area (Å²) >= 11 is 6.36. The molecule has 0 aromatic heterocycles. The van der Waals surface area contributed by atoms with E-state index in [0.717, 1.165) is 0 Å². The first-order valence-corrected chi connectivity index (χ1v) is 9.68. The highest BCUT2D eigenvalue weighted by Crippen LogP contribution is 2.30. The molecule has 0 aliphatic carbocycles. The van der Waals surface area contributed by atoms with Crippen LogP contribution in [0.1, 0.15) is 46.1 Å². The molecular weight excluding hydrogens is 359 g/mol. The Morgan fingerprint density at radius 2 is 1.22 bits per heavy atom. The van der Waals surface area contributed by atoms with Gasteiger partial charge in [-0.2, -0.15) is 0 Å². The van der Waals surface area contributed by atoms with Gasteiger partial charge in [0.25, 0.3) is 0 Å². The molecule has 0 amide bonds. The predicted molar refractivity (Wildman–Crippen MR) is 106 cm³/mol. The molecule has 3 atom stereocenters. The normalized spacial score (nSPS) is 22.1. The van der Waals surface area contributed by atoms with Gasteiger partial charge in [0.15, 0.2) is 12.1 Å². The molecule has 1 saturated heterocycles. The van der Waals surface area contributed by atoms with E-state index in [4.69, 9.17) is 11.6 Å². The third kappa shape index (κ3) is 3.63. The van der Waals surface area contributed by atoms with Crippen LogP contribution in [0.15, 0.2) is 66.7 Å². The smallest absolute Gasteiger partial charge is 0.242 e. The lowest BCUT2D eigenvalue weighted by Crippen LogP contribution is -2.96. The zero-order valence-corrected chi connectivity index (χ0v) is 16.2. The average molecular weight is 383 g/mol. The van der Waals surface area contributed by atoms with Crippen molar-refractivity contribution >= 4 is 11.6 Å². The number of quaternary nitrogens is 2. The first-order valence-electron chi connectivity index (χ1n) is 9.30. The van der Waals surface area contributed by atoms with E-state index in [1.165, 1.54) is 28.3 Å². The molecule has 0 saturated carbocycles. The molecule has 1 aliphatic rings. The molecule has 1 heterocycles. The summed E-state index contributed by atoms with van der Waals surface area (Å²) in [6, 6.07) is 22.6. The molecule has 0 bridgehead atoms. The van der Waals surface area contributed by atoms with Crippen LogP contribution >= 0.6 is 11.6 Å². The Morgan fingerprint density at radius 1 is 0.741 bits per heavy atom. The van der Waals surface area contributed by atoms with Crippen LogP contribution in [-0.4, -0.2) is 0 Å². The maximum atomic E-state index is 14.5. The van der Waals surface area contributed by atoms with E-state index in [1.807, 2.05) is 0 Å². The molecule has 1 unspecified atom stereocenters. The molecular formula is C23H24ClFN2+2. The van der Waals surface area contributed by atoms with Crippen molar-refractivity contribution < 1.29 is 15.0 Å². The summed E-state index contributed by atoms with van der Waals surface area (Å²) in [4.78, 5) is 0. The van der Waals surface area contributed by atoms with Gasteiger partial charge in [0.05, 0.1) is 5.02 Å². The van der Waals surface area contributed by atoms with Gasteiger partial charge in [0.2, 0.25) is 6.17 Å². The average Bonchev–Trinajstić information content (AvgIpc) is 3.08. The Bertz CT molecular complexity index is 864. The predicted octanol–water partition coefficient (Wildman–Crippen LogP) is 3.72. The molecule has 1 aliphatic heterocycles. The molecule has 3 aromatic rings. The Hall–Kier alpha value is -2.20. The summed E-state index contributed by atoms with van der Waals surface area (Å²) in [5, 5.41) is 4.96. The van der Waals surface area contributed by atoms with E-state index >= 15 is 0 Å². The third-order valence-electron chi connectivity index (χ3n) is 5.47. The highest BCUT2D eigenvalue weighted by atomic mass is 35.5. The number of aryl methyl sites for hydroxylation is 2. The topological polar surface area (TPSA) is 33.2 Å². The highest BCUT2D eigenvalue weighted by molar-refractivity contribution is 6.31. The number of halogens is 2. The lowest BCUT2D eigenvalue weighted by molar-refractivity contribution is -0.863. The minimum Gasteiger partial charge on any atom is -0.282 e. The Labute approximate surface area is 164 Å². The third-order valence-corrected chi connectivity index (χ3v) is 5.80. The van der Waals surface area contributed by atoms with Crippen molar-refractivity contribution in [3.63, 3.8) is 0 Å². The second-order valence-corrected chi connectivity index (χ2v) is 7.83. The van der Waals surface area contributed by atoms with Crippen LogP contribution < -0.4 is 10.6 Å². The molecule has 0 spiro atoms. The van der Waals surface area contributed by atoms with Crippen molar-refractivity contribution in [3.05, 3.63) is 105 Å². The first kappa shape index (κ1) is 18.2. The van der Waals surface area contributed by atoms with E-state index in [2.05, 4.69) is 73.0 Å². The van der Waals surface area contributed by atoms with E-state index in [0.29, 0.717) is 10.6 Å². The summed E-state index contributed by atoms with van der Waals surface area (Å²) in [7, 11) is 0. The van der Waals surface area contributed by atoms with E-state index in [1.54, 1.807) is 12.1 Å². The van der Waals surface area contributed by atoms with Crippen LogP contribution in [0.3, 0.4) is 0 Å². The maximum absolute atomic E-state index is 14.5. The summed E-state index contributed by atoms with van der Waals surface area (Å²) in [5.41, 5.74) is 5.54. The van der Waals surface area contributed by atoms with Gasteiger partial charge in [0.1, 0.15) is 11.4 Å². The zero-order valence-electron chi connectivity index (χ0n) is 15.5. The van der Waals surface area contributed by atoms with Crippen LogP contribution in [0.2, 0.25) is 5.02 Å². The lowest BCUT2D eigenvalue weighted by Gasteiger charge is -2.14. The van der Waals surface area contributed by atoms with Gasteiger partial charge in [-0.15, -0.1) is 0 Å². The lowest BCUT2D eigenvalue weighted by atomic mass is 9.94. The Morgan fingerprint density at radius 3 is 1.67 bits per heavy atom. The molecule has 27 heavy (non-hydrogen) atoms. The molecule has 4 N–H and O–H groups in total. The van der Waals surface area contributed by atoms with Crippen molar-refractivity contribution in [1.82, 2.24) is 0 Å². The van der Waals surface area contributed by atoms with Gasteiger partial charge in [-0.05, 0) is 26.0 Å². The summed E-state index contributed by atoms with van der Waals surface area (Å²) < 4.78 is 14.5. The van der Waals surface area contributed by atoms with Gasteiger partial charge in [-0.25, -0.2) is 4.39 Å². The van der Waals surface area contributed by atoms with Crippen molar-refractivity contribution in [3.8, 4) is 0 Å².